The van der Waals surface area contributed by atoms with Gasteiger partial charge in [0.05, 0.1) is 12.9 Å². The lowest BCUT2D eigenvalue weighted by Gasteiger charge is -2.07. The fraction of sp³-hybridized carbons (Fsp3) is 0.150. The third kappa shape index (κ3) is 3.39. The number of anilines is 1. The molecule has 0 aliphatic rings. The van der Waals surface area contributed by atoms with Gasteiger partial charge in [-0.3, -0.25) is 0 Å². The Kier molecular flexibility index (Phi) is 4.57. The number of fused-ring (bicyclic) bond motifs is 1. The SMILES string of the molecule is C=CCn1c(-c2ccco2)nc2c(N)nc(OCCc3ccccc3)nc21. The lowest BCUT2D eigenvalue weighted by Crippen LogP contribution is -2.07. The fourth-order valence-electron chi connectivity index (χ4n) is 2.87. The Hall–Kier alpha value is -3.61. The van der Waals surface area contributed by atoms with Crippen LogP contribution in [0.15, 0.2) is 65.8 Å². The average Bonchev–Trinajstić information content (AvgIpc) is 3.32. The van der Waals surface area contributed by atoms with Gasteiger partial charge >= 0.3 is 6.01 Å². The fourth-order valence-corrected chi connectivity index (χ4v) is 2.87. The van der Waals surface area contributed by atoms with E-state index in [2.05, 4.69) is 33.7 Å². The van der Waals surface area contributed by atoms with Crippen molar-refractivity contribution < 1.29 is 9.15 Å². The van der Waals surface area contributed by atoms with Gasteiger partial charge in [0.2, 0.25) is 0 Å². The normalized spacial score (nSPS) is 11.0. The van der Waals surface area contributed by atoms with Gasteiger partial charge in [-0.1, -0.05) is 36.4 Å². The van der Waals surface area contributed by atoms with Crippen LogP contribution in [0.25, 0.3) is 22.7 Å². The minimum Gasteiger partial charge on any atom is -0.463 e. The maximum absolute atomic E-state index is 6.11. The van der Waals surface area contributed by atoms with Gasteiger partial charge in [-0.25, -0.2) is 4.98 Å². The van der Waals surface area contributed by atoms with E-state index in [4.69, 9.17) is 14.9 Å². The smallest absolute Gasteiger partial charge is 0.320 e. The molecule has 0 saturated carbocycles. The Bertz CT molecular complexity index is 1060. The molecule has 136 valence electrons. The highest BCUT2D eigenvalue weighted by Gasteiger charge is 2.19. The van der Waals surface area contributed by atoms with E-state index in [-0.39, 0.29) is 11.8 Å². The molecular weight excluding hydrogens is 342 g/mol. The molecule has 0 amide bonds. The average molecular weight is 361 g/mol. The van der Waals surface area contributed by atoms with E-state index in [9.17, 15) is 0 Å². The molecule has 1 aromatic carbocycles. The summed E-state index contributed by atoms with van der Waals surface area (Å²) in [5, 5.41) is 0. The van der Waals surface area contributed by atoms with Crippen molar-refractivity contribution in [3.05, 3.63) is 66.9 Å². The highest BCUT2D eigenvalue weighted by atomic mass is 16.5. The monoisotopic (exact) mass is 361 g/mol. The number of benzene rings is 1. The molecule has 3 aromatic heterocycles. The Morgan fingerprint density at radius 3 is 2.70 bits per heavy atom. The van der Waals surface area contributed by atoms with Gasteiger partial charge in [0, 0.05) is 13.0 Å². The summed E-state index contributed by atoms with van der Waals surface area (Å²) in [6.07, 6.45) is 4.12. The summed E-state index contributed by atoms with van der Waals surface area (Å²) in [6.45, 7) is 4.77. The van der Waals surface area contributed by atoms with E-state index in [0.717, 1.165) is 6.42 Å². The van der Waals surface area contributed by atoms with Crippen molar-refractivity contribution in [3.8, 4) is 17.6 Å². The van der Waals surface area contributed by atoms with Gasteiger partial charge in [0.25, 0.3) is 0 Å². The van der Waals surface area contributed by atoms with Gasteiger partial charge in [-0.15, -0.1) is 6.58 Å². The second-order valence-electron chi connectivity index (χ2n) is 5.96. The minimum absolute atomic E-state index is 0.229. The van der Waals surface area contributed by atoms with E-state index in [1.807, 2.05) is 28.8 Å². The van der Waals surface area contributed by atoms with E-state index in [1.165, 1.54) is 5.56 Å². The molecule has 0 saturated heterocycles. The molecule has 7 nitrogen and oxygen atoms in total. The van der Waals surface area contributed by atoms with Crippen molar-refractivity contribution in [2.75, 3.05) is 12.3 Å². The summed E-state index contributed by atoms with van der Waals surface area (Å²) in [5.74, 6) is 1.52. The van der Waals surface area contributed by atoms with Crippen molar-refractivity contribution >= 4 is 17.0 Å². The molecule has 0 spiro atoms. The number of furan rings is 1. The van der Waals surface area contributed by atoms with Crippen molar-refractivity contribution in [3.63, 3.8) is 0 Å². The molecule has 4 rings (SSSR count). The third-order valence-corrected chi connectivity index (χ3v) is 4.12. The Morgan fingerprint density at radius 1 is 1.11 bits per heavy atom. The zero-order valence-corrected chi connectivity index (χ0v) is 14.7. The van der Waals surface area contributed by atoms with Crippen molar-refractivity contribution in [2.24, 2.45) is 0 Å². The number of nitrogens with zero attached hydrogens (tertiary/aromatic N) is 4. The first-order chi connectivity index (χ1) is 13.3. The first kappa shape index (κ1) is 16.8. The quantitative estimate of drug-likeness (QED) is 0.507. The minimum atomic E-state index is 0.229. The largest absolute Gasteiger partial charge is 0.463 e. The zero-order valence-electron chi connectivity index (χ0n) is 14.7. The molecular formula is C20H19N5O2. The Balaban J connectivity index is 1.65. The standard InChI is InChI=1S/C20H19N5O2/c1-2-11-25-18(15-9-6-12-26-15)22-16-17(21)23-20(24-19(16)25)27-13-10-14-7-4-3-5-8-14/h2-9,12H,1,10-11,13H2,(H2,21,23,24). The predicted octanol–water partition coefficient (Wildman–Crippen LogP) is 3.48. The van der Waals surface area contributed by atoms with Crippen LogP contribution in [-0.2, 0) is 13.0 Å². The van der Waals surface area contributed by atoms with Gasteiger partial charge in [-0.2, -0.15) is 9.97 Å². The number of rotatable bonds is 7. The molecule has 0 aliphatic heterocycles. The highest BCUT2D eigenvalue weighted by molar-refractivity contribution is 5.85. The van der Waals surface area contributed by atoms with Gasteiger partial charge < -0.3 is 19.5 Å². The number of aromatic nitrogens is 4. The zero-order chi connectivity index (χ0) is 18.6. The van der Waals surface area contributed by atoms with Crippen LogP contribution in [0.3, 0.4) is 0 Å². The molecule has 0 bridgehead atoms. The van der Waals surface area contributed by atoms with Crippen LogP contribution in [0.5, 0.6) is 6.01 Å². The molecule has 4 aromatic rings. The first-order valence-electron chi connectivity index (χ1n) is 8.61. The topological polar surface area (TPSA) is 92.0 Å². The Labute approximate surface area is 156 Å². The molecule has 27 heavy (non-hydrogen) atoms. The number of hydrogen-bond acceptors (Lipinski definition) is 6. The Morgan fingerprint density at radius 2 is 1.96 bits per heavy atom. The number of nitrogens with two attached hydrogens (primary N) is 1. The second-order valence-corrected chi connectivity index (χ2v) is 5.96. The van der Waals surface area contributed by atoms with Gasteiger partial charge in [-0.05, 0) is 17.7 Å². The summed E-state index contributed by atoms with van der Waals surface area (Å²) in [4.78, 5) is 13.3. The van der Waals surface area contributed by atoms with Crippen LogP contribution in [0.4, 0.5) is 5.82 Å². The van der Waals surface area contributed by atoms with Crippen LogP contribution in [0.2, 0.25) is 0 Å². The lowest BCUT2D eigenvalue weighted by atomic mass is 10.2. The van der Waals surface area contributed by atoms with E-state index in [1.54, 1.807) is 18.4 Å². The van der Waals surface area contributed by atoms with Gasteiger partial charge in [0.15, 0.2) is 28.6 Å². The van der Waals surface area contributed by atoms with E-state index in [0.29, 0.717) is 35.9 Å². The molecule has 2 N–H and O–H groups in total. The predicted molar refractivity (Wildman–Crippen MR) is 103 cm³/mol. The molecule has 0 radical (unpaired) electrons. The number of hydrogen-bond donors (Lipinski definition) is 1. The first-order valence-corrected chi connectivity index (χ1v) is 8.61. The second kappa shape index (κ2) is 7.33. The summed E-state index contributed by atoms with van der Waals surface area (Å²) in [6, 6.07) is 14.0. The van der Waals surface area contributed by atoms with Crippen molar-refractivity contribution in [2.45, 2.75) is 13.0 Å². The van der Waals surface area contributed by atoms with Crippen molar-refractivity contribution in [1.29, 1.82) is 0 Å². The van der Waals surface area contributed by atoms with Crippen LogP contribution in [-0.4, -0.2) is 26.1 Å². The van der Waals surface area contributed by atoms with Crippen LogP contribution in [0, 0.1) is 0 Å². The summed E-state index contributed by atoms with van der Waals surface area (Å²) in [7, 11) is 0. The molecule has 0 fully saturated rings. The van der Waals surface area contributed by atoms with Gasteiger partial charge in [0.1, 0.15) is 0 Å². The summed E-state index contributed by atoms with van der Waals surface area (Å²) < 4.78 is 13.1. The molecule has 7 heteroatoms. The molecule has 0 atom stereocenters. The number of nitrogen functional groups attached to an aromatic ring is 1. The van der Waals surface area contributed by atoms with Crippen molar-refractivity contribution in [1.82, 2.24) is 19.5 Å². The number of imidazole rings is 1. The van der Waals surface area contributed by atoms with Crippen LogP contribution < -0.4 is 10.5 Å². The van der Waals surface area contributed by atoms with E-state index >= 15 is 0 Å². The maximum Gasteiger partial charge on any atom is 0.320 e. The summed E-state index contributed by atoms with van der Waals surface area (Å²) in [5.41, 5.74) is 8.39. The van der Waals surface area contributed by atoms with E-state index < -0.39 is 0 Å². The molecule has 0 aliphatic carbocycles. The number of ether oxygens (including phenoxy) is 1. The maximum atomic E-state index is 6.11. The molecule has 3 heterocycles. The lowest BCUT2D eigenvalue weighted by molar-refractivity contribution is 0.297. The summed E-state index contributed by atoms with van der Waals surface area (Å²) >= 11 is 0. The van der Waals surface area contributed by atoms with Crippen LogP contribution >= 0.6 is 0 Å². The third-order valence-electron chi connectivity index (χ3n) is 4.12. The highest BCUT2D eigenvalue weighted by Crippen LogP contribution is 2.28. The number of allylic oxidation sites excluding steroid dienone is 1. The molecule has 0 unspecified atom stereocenters. The van der Waals surface area contributed by atoms with Crippen LogP contribution in [0.1, 0.15) is 5.56 Å².